The Morgan fingerprint density at radius 1 is 1.06 bits per heavy atom. The monoisotopic (exact) mass is 463 g/mol. The van der Waals surface area contributed by atoms with Crippen LogP contribution < -0.4 is 0 Å². The third-order valence-corrected chi connectivity index (χ3v) is 8.90. The Morgan fingerprint density at radius 2 is 1.97 bits per heavy atom. The maximum Gasteiger partial charge on any atom is 0.192 e. The number of aromatic nitrogens is 7. The van der Waals surface area contributed by atoms with E-state index in [4.69, 9.17) is 0 Å². The molecule has 4 atom stereocenters. The van der Waals surface area contributed by atoms with Crippen LogP contribution in [0.1, 0.15) is 44.5 Å². The molecular formula is C23H25N7S2. The van der Waals surface area contributed by atoms with Gasteiger partial charge in [0.25, 0.3) is 0 Å². The molecule has 6 rings (SSSR count). The van der Waals surface area contributed by atoms with Crippen LogP contribution in [0.15, 0.2) is 53.0 Å². The molecule has 0 radical (unpaired) electrons. The molecule has 32 heavy (non-hydrogen) atoms. The van der Waals surface area contributed by atoms with Gasteiger partial charge in [-0.2, -0.15) is 4.68 Å². The second-order valence-corrected chi connectivity index (χ2v) is 10.8. The van der Waals surface area contributed by atoms with Crippen molar-refractivity contribution in [3.63, 3.8) is 0 Å². The smallest absolute Gasteiger partial charge is 0.192 e. The fourth-order valence-electron chi connectivity index (χ4n) is 5.59. The summed E-state index contributed by atoms with van der Waals surface area (Å²) in [6.07, 6.45) is 5.53. The zero-order valence-electron chi connectivity index (χ0n) is 17.9. The second-order valence-electron chi connectivity index (χ2n) is 8.86. The summed E-state index contributed by atoms with van der Waals surface area (Å²) in [5.41, 5.74) is 0.962. The Hall–Kier alpha value is -2.52. The van der Waals surface area contributed by atoms with Gasteiger partial charge in [-0.25, -0.2) is 0 Å². The van der Waals surface area contributed by atoms with Crippen LogP contribution in [0.25, 0.3) is 16.4 Å². The van der Waals surface area contributed by atoms with Crippen LogP contribution in [0, 0.1) is 17.8 Å². The minimum atomic E-state index is 0.380. The van der Waals surface area contributed by atoms with Gasteiger partial charge in [0.05, 0.1) is 16.3 Å². The fraction of sp³-hybridized carbons (Fsp3) is 0.435. The number of hydrogen-bond donors (Lipinski definition) is 0. The van der Waals surface area contributed by atoms with Crippen LogP contribution in [0.2, 0.25) is 0 Å². The summed E-state index contributed by atoms with van der Waals surface area (Å²) >= 11 is 3.39. The molecule has 2 bridgehead atoms. The number of hydrogen-bond acceptors (Lipinski definition) is 7. The molecule has 164 valence electrons. The molecular weight excluding hydrogens is 438 g/mol. The number of rotatable bonds is 7. The van der Waals surface area contributed by atoms with Crippen molar-refractivity contribution in [1.82, 2.24) is 35.0 Å². The lowest BCUT2D eigenvalue weighted by atomic mass is 9.84. The molecule has 3 aromatic heterocycles. The first-order valence-electron chi connectivity index (χ1n) is 11.2. The van der Waals surface area contributed by atoms with Crippen molar-refractivity contribution < 1.29 is 0 Å². The molecule has 4 unspecified atom stereocenters. The summed E-state index contributed by atoms with van der Waals surface area (Å²) < 4.78 is 4.19. The normalized spacial score (nSPS) is 23.1. The fourth-order valence-corrected chi connectivity index (χ4v) is 7.22. The third-order valence-electron chi connectivity index (χ3n) is 7.09. The van der Waals surface area contributed by atoms with Crippen LogP contribution >= 0.6 is 23.1 Å². The van der Waals surface area contributed by atoms with Gasteiger partial charge in [-0.3, -0.25) is 4.57 Å². The van der Waals surface area contributed by atoms with Gasteiger partial charge in [-0.05, 0) is 77.9 Å². The highest BCUT2D eigenvalue weighted by molar-refractivity contribution is 7.98. The molecule has 2 aliphatic rings. The van der Waals surface area contributed by atoms with Gasteiger partial charge in [0, 0.05) is 6.04 Å². The van der Waals surface area contributed by atoms with E-state index >= 15 is 0 Å². The third kappa shape index (κ3) is 3.57. The van der Waals surface area contributed by atoms with Gasteiger partial charge < -0.3 is 0 Å². The molecule has 0 amide bonds. The number of para-hydroxylation sites is 1. The highest BCUT2D eigenvalue weighted by Crippen LogP contribution is 2.53. The van der Waals surface area contributed by atoms with Crippen molar-refractivity contribution in [1.29, 1.82) is 0 Å². The summed E-state index contributed by atoms with van der Waals surface area (Å²) in [5.74, 6) is 4.89. The summed E-state index contributed by atoms with van der Waals surface area (Å²) in [6, 6.07) is 14.6. The van der Waals surface area contributed by atoms with Gasteiger partial charge in [-0.15, -0.1) is 26.6 Å². The predicted molar refractivity (Wildman–Crippen MR) is 126 cm³/mol. The van der Waals surface area contributed by atoms with Crippen molar-refractivity contribution in [2.45, 2.75) is 49.6 Å². The molecule has 2 aliphatic carbocycles. The summed E-state index contributed by atoms with van der Waals surface area (Å²) in [5, 5.41) is 24.7. The lowest BCUT2D eigenvalue weighted by Gasteiger charge is -2.30. The predicted octanol–water partition coefficient (Wildman–Crippen LogP) is 5.27. The largest absolute Gasteiger partial charge is 0.298 e. The van der Waals surface area contributed by atoms with Crippen molar-refractivity contribution in [3.8, 4) is 16.4 Å². The molecule has 7 nitrogen and oxygen atoms in total. The molecule has 0 spiro atoms. The summed E-state index contributed by atoms with van der Waals surface area (Å²) in [7, 11) is 0. The number of nitrogens with zero attached hydrogens (tertiary/aromatic N) is 7. The summed E-state index contributed by atoms with van der Waals surface area (Å²) in [4.78, 5) is 1.17. The molecule has 0 aliphatic heterocycles. The van der Waals surface area contributed by atoms with E-state index < -0.39 is 0 Å². The average molecular weight is 464 g/mol. The van der Waals surface area contributed by atoms with E-state index in [1.54, 1.807) is 27.8 Å². The first kappa shape index (κ1) is 20.1. The Morgan fingerprint density at radius 3 is 2.72 bits per heavy atom. The van der Waals surface area contributed by atoms with Crippen molar-refractivity contribution in [2.24, 2.45) is 17.8 Å². The first-order valence-corrected chi connectivity index (χ1v) is 13.1. The SMILES string of the molecule is CC(C1CC2CCC1C2)n1c(SCc2nnnn2-c2ccccc2)nnc1-c1cccs1. The number of thiophene rings is 1. The molecule has 9 heteroatoms. The average Bonchev–Trinajstić information content (AvgIpc) is 3.65. The van der Waals surface area contributed by atoms with E-state index in [0.29, 0.717) is 17.7 Å². The van der Waals surface area contributed by atoms with E-state index in [2.05, 4.69) is 54.7 Å². The van der Waals surface area contributed by atoms with Gasteiger partial charge in [-0.1, -0.05) is 42.4 Å². The Labute approximate surface area is 195 Å². The topological polar surface area (TPSA) is 74.3 Å². The van der Waals surface area contributed by atoms with Crippen molar-refractivity contribution in [2.75, 3.05) is 0 Å². The molecule has 3 heterocycles. The highest BCUT2D eigenvalue weighted by atomic mass is 32.2. The maximum absolute atomic E-state index is 4.64. The molecule has 4 aromatic rings. The molecule has 1 aromatic carbocycles. The van der Waals surface area contributed by atoms with Crippen LogP contribution in [-0.4, -0.2) is 35.0 Å². The standard InChI is InChI=1S/C23H25N7S2/c1-15(19-13-16-9-10-17(19)12-16)29-22(20-8-5-11-31-20)25-26-23(29)32-14-21-24-27-28-30(21)18-6-3-2-4-7-18/h2-8,11,15-17,19H,9-10,12-14H2,1H3. The van der Waals surface area contributed by atoms with Crippen molar-refractivity contribution in [3.05, 3.63) is 53.7 Å². The minimum Gasteiger partial charge on any atom is -0.298 e. The lowest BCUT2D eigenvalue weighted by Crippen LogP contribution is -2.23. The highest BCUT2D eigenvalue weighted by Gasteiger charge is 2.43. The van der Waals surface area contributed by atoms with Crippen LogP contribution in [0.5, 0.6) is 0 Å². The number of benzene rings is 1. The lowest BCUT2D eigenvalue weighted by molar-refractivity contribution is 0.235. The number of fused-ring (bicyclic) bond motifs is 2. The van der Waals surface area contributed by atoms with E-state index in [1.807, 2.05) is 30.3 Å². The zero-order chi connectivity index (χ0) is 21.5. The Balaban J connectivity index is 1.30. The first-order chi connectivity index (χ1) is 15.8. The second kappa shape index (κ2) is 8.44. The van der Waals surface area contributed by atoms with E-state index in [0.717, 1.165) is 34.3 Å². The van der Waals surface area contributed by atoms with Gasteiger partial charge in [0.15, 0.2) is 16.8 Å². The molecule has 0 saturated heterocycles. The number of tetrazole rings is 1. The van der Waals surface area contributed by atoms with Gasteiger partial charge in [0.2, 0.25) is 0 Å². The van der Waals surface area contributed by atoms with Crippen molar-refractivity contribution >= 4 is 23.1 Å². The minimum absolute atomic E-state index is 0.380. The molecule has 2 saturated carbocycles. The number of thioether (sulfide) groups is 1. The van der Waals surface area contributed by atoms with E-state index in [1.165, 1.54) is 30.6 Å². The van der Waals surface area contributed by atoms with E-state index in [9.17, 15) is 0 Å². The Bertz CT molecular complexity index is 1180. The Kier molecular flexibility index (Phi) is 5.30. The summed E-state index contributed by atoms with van der Waals surface area (Å²) in [6.45, 7) is 2.36. The van der Waals surface area contributed by atoms with Gasteiger partial charge in [0.1, 0.15) is 0 Å². The van der Waals surface area contributed by atoms with E-state index in [-0.39, 0.29) is 0 Å². The van der Waals surface area contributed by atoms with Crippen LogP contribution in [0.3, 0.4) is 0 Å². The van der Waals surface area contributed by atoms with Gasteiger partial charge >= 0.3 is 0 Å². The molecule has 2 fully saturated rings. The molecule has 0 N–H and O–H groups in total. The maximum atomic E-state index is 4.64. The van der Waals surface area contributed by atoms with Crippen LogP contribution in [-0.2, 0) is 5.75 Å². The quantitative estimate of drug-likeness (QED) is 0.348. The van der Waals surface area contributed by atoms with Crippen LogP contribution in [0.4, 0.5) is 0 Å². The zero-order valence-corrected chi connectivity index (χ0v) is 19.5.